The van der Waals surface area contributed by atoms with Crippen molar-refractivity contribution in [2.45, 2.75) is 6.92 Å². The minimum Gasteiger partial charge on any atom is -0.494 e. The summed E-state index contributed by atoms with van der Waals surface area (Å²) in [6.07, 6.45) is 0. The first-order valence-electron chi connectivity index (χ1n) is 3.63. The van der Waals surface area contributed by atoms with Crippen LogP contribution in [-0.4, -0.2) is 14.5 Å². The quantitative estimate of drug-likeness (QED) is 0.560. The van der Waals surface area contributed by atoms with Crippen LogP contribution in [0.2, 0.25) is 0 Å². The SMILES string of the molecule is Bc1ccc(F)cc1OCC. The minimum absolute atomic E-state index is 0.251. The lowest BCUT2D eigenvalue weighted by Gasteiger charge is -2.05. The summed E-state index contributed by atoms with van der Waals surface area (Å²) in [5.41, 5.74) is 0.966. The van der Waals surface area contributed by atoms with Crippen molar-refractivity contribution in [3.8, 4) is 5.75 Å². The minimum atomic E-state index is -0.251. The third-order valence-corrected chi connectivity index (χ3v) is 1.45. The van der Waals surface area contributed by atoms with Gasteiger partial charge in [0, 0.05) is 6.07 Å². The van der Waals surface area contributed by atoms with E-state index in [0.29, 0.717) is 12.4 Å². The molecule has 0 atom stereocenters. The smallest absolute Gasteiger partial charge is 0.144 e. The molecule has 0 aliphatic heterocycles. The van der Waals surface area contributed by atoms with E-state index in [-0.39, 0.29) is 5.82 Å². The summed E-state index contributed by atoms with van der Waals surface area (Å²) in [6, 6.07) is 4.54. The topological polar surface area (TPSA) is 9.23 Å². The second-order valence-corrected chi connectivity index (χ2v) is 2.34. The van der Waals surface area contributed by atoms with Crippen molar-refractivity contribution in [3.63, 3.8) is 0 Å². The molecule has 0 fully saturated rings. The van der Waals surface area contributed by atoms with E-state index >= 15 is 0 Å². The summed E-state index contributed by atoms with van der Waals surface area (Å²) < 4.78 is 17.8. The van der Waals surface area contributed by atoms with Crippen LogP contribution in [0.25, 0.3) is 0 Å². The number of hydrogen-bond acceptors (Lipinski definition) is 1. The largest absolute Gasteiger partial charge is 0.494 e. The lowest BCUT2D eigenvalue weighted by Crippen LogP contribution is -2.08. The maximum absolute atomic E-state index is 12.6. The summed E-state index contributed by atoms with van der Waals surface area (Å²) in [7, 11) is 1.89. The van der Waals surface area contributed by atoms with E-state index < -0.39 is 0 Å². The van der Waals surface area contributed by atoms with Crippen LogP contribution in [0, 0.1) is 5.82 Å². The molecule has 11 heavy (non-hydrogen) atoms. The van der Waals surface area contributed by atoms with Crippen molar-refractivity contribution in [2.24, 2.45) is 0 Å². The second kappa shape index (κ2) is 3.42. The Morgan fingerprint density at radius 1 is 1.55 bits per heavy atom. The molecule has 1 nitrogen and oxygen atoms in total. The van der Waals surface area contributed by atoms with Crippen LogP contribution in [-0.2, 0) is 0 Å². The van der Waals surface area contributed by atoms with Crippen LogP contribution >= 0.6 is 0 Å². The first-order valence-corrected chi connectivity index (χ1v) is 3.63. The van der Waals surface area contributed by atoms with Crippen molar-refractivity contribution in [1.29, 1.82) is 0 Å². The zero-order chi connectivity index (χ0) is 8.27. The molecule has 0 unspecified atom stereocenters. The first kappa shape index (κ1) is 8.11. The van der Waals surface area contributed by atoms with Gasteiger partial charge < -0.3 is 4.74 Å². The Balaban J connectivity index is 2.93. The Bertz CT molecular complexity index is 250. The maximum Gasteiger partial charge on any atom is 0.144 e. The number of rotatable bonds is 2. The molecule has 1 aromatic rings. The lowest BCUT2D eigenvalue weighted by atomic mass is 9.95. The van der Waals surface area contributed by atoms with Gasteiger partial charge in [0.15, 0.2) is 0 Å². The van der Waals surface area contributed by atoms with E-state index in [1.807, 2.05) is 14.8 Å². The Labute approximate surface area is 66.6 Å². The highest BCUT2D eigenvalue weighted by Crippen LogP contribution is 2.07. The Kier molecular flexibility index (Phi) is 2.52. The van der Waals surface area contributed by atoms with Gasteiger partial charge in [-0.05, 0) is 18.5 Å². The van der Waals surface area contributed by atoms with Gasteiger partial charge in [0.2, 0.25) is 0 Å². The van der Waals surface area contributed by atoms with E-state index in [1.165, 1.54) is 12.1 Å². The fourth-order valence-corrected chi connectivity index (χ4v) is 0.885. The van der Waals surface area contributed by atoms with Crippen molar-refractivity contribution in [1.82, 2.24) is 0 Å². The molecule has 0 spiro atoms. The van der Waals surface area contributed by atoms with Crippen molar-refractivity contribution in [2.75, 3.05) is 6.61 Å². The average Bonchev–Trinajstić information content (AvgIpc) is 1.98. The molecular weight excluding hydrogens is 142 g/mol. The third-order valence-electron chi connectivity index (χ3n) is 1.45. The van der Waals surface area contributed by atoms with E-state index in [1.54, 1.807) is 6.07 Å². The van der Waals surface area contributed by atoms with E-state index in [4.69, 9.17) is 4.74 Å². The molecule has 0 saturated carbocycles. The normalized spacial score (nSPS) is 9.64. The van der Waals surface area contributed by atoms with Gasteiger partial charge in [0.1, 0.15) is 19.4 Å². The van der Waals surface area contributed by atoms with Gasteiger partial charge in [-0.2, -0.15) is 0 Å². The van der Waals surface area contributed by atoms with E-state index in [0.717, 1.165) is 5.46 Å². The van der Waals surface area contributed by atoms with Crippen LogP contribution < -0.4 is 10.2 Å². The number of halogens is 1. The highest BCUT2D eigenvalue weighted by Gasteiger charge is 1.98. The highest BCUT2D eigenvalue weighted by molar-refractivity contribution is 6.34. The molecule has 0 saturated heterocycles. The second-order valence-electron chi connectivity index (χ2n) is 2.34. The predicted molar refractivity (Wildman–Crippen MR) is 45.7 cm³/mol. The zero-order valence-electron chi connectivity index (χ0n) is 6.73. The Morgan fingerprint density at radius 3 is 2.91 bits per heavy atom. The van der Waals surface area contributed by atoms with Crippen molar-refractivity contribution >= 4 is 13.3 Å². The molecule has 0 N–H and O–H groups in total. The van der Waals surface area contributed by atoms with Crippen molar-refractivity contribution in [3.05, 3.63) is 24.0 Å². The maximum atomic E-state index is 12.6. The summed E-state index contributed by atoms with van der Waals surface area (Å²) >= 11 is 0. The molecule has 0 heterocycles. The van der Waals surface area contributed by atoms with Crippen molar-refractivity contribution < 1.29 is 9.13 Å². The van der Waals surface area contributed by atoms with Gasteiger partial charge in [0.25, 0.3) is 0 Å². The lowest BCUT2D eigenvalue weighted by molar-refractivity contribution is 0.341. The van der Waals surface area contributed by atoms with E-state index in [2.05, 4.69) is 0 Å². The monoisotopic (exact) mass is 152 g/mol. The number of hydrogen-bond donors (Lipinski definition) is 0. The molecule has 58 valence electrons. The molecule has 0 amide bonds. The molecule has 0 aromatic heterocycles. The fourth-order valence-electron chi connectivity index (χ4n) is 0.885. The Hall–Kier alpha value is -0.985. The molecule has 3 heteroatoms. The van der Waals surface area contributed by atoms with Crippen LogP contribution in [0.4, 0.5) is 4.39 Å². The molecule has 0 bridgehead atoms. The van der Waals surface area contributed by atoms with Gasteiger partial charge in [-0.1, -0.05) is 6.07 Å². The summed E-state index contributed by atoms with van der Waals surface area (Å²) in [6.45, 7) is 2.45. The molecule has 1 rings (SSSR count). The van der Waals surface area contributed by atoms with Gasteiger partial charge in [0.05, 0.1) is 6.61 Å². The average molecular weight is 152 g/mol. The molecule has 0 aliphatic rings. The molecule has 1 aromatic carbocycles. The van der Waals surface area contributed by atoms with Gasteiger partial charge in [-0.15, -0.1) is 0 Å². The fraction of sp³-hybridized carbons (Fsp3) is 0.250. The van der Waals surface area contributed by atoms with Crippen LogP contribution in [0.5, 0.6) is 5.75 Å². The standard InChI is InChI=1S/C8H10BFO/c1-2-11-8-5-6(10)3-4-7(8)9/h3-5H,2,9H2,1H3. The van der Waals surface area contributed by atoms with Crippen LogP contribution in [0.1, 0.15) is 6.92 Å². The third kappa shape index (κ3) is 1.97. The van der Waals surface area contributed by atoms with E-state index in [9.17, 15) is 4.39 Å². The highest BCUT2D eigenvalue weighted by atomic mass is 19.1. The van der Waals surface area contributed by atoms with Gasteiger partial charge in [-0.25, -0.2) is 4.39 Å². The molecular formula is C8H10BFO. The number of benzene rings is 1. The van der Waals surface area contributed by atoms with Gasteiger partial charge in [-0.3, -0.25) is 0 Å². The van der Waals surface area contributed by atoms with Gasteiger partial charge >= 0.3 is 0 Å². The molecule has 0 aliphatic carbocycles. The summed E-state index contributed by atoms with van der Waals surface area (Å²) in [4.78, 5) is 0. The number of ether oxygens (including phenoxy) is 1. The first-order chi connectivity index (χ1) is 5.24. The molecule has 0 radical (unpaired) electrons. The van der Waals surface area contributed by atoms with Crippen LogP contribution in [0.3, 0.4) is 0 Å². The predicted octanol–water partition coefficient (Wildman–Crippen LogP) is 0.483. The van der Waals surface area contributed by atoms with Crippen LogP contribution in [0.15, 0.2) is 18.2 Å². The summed E-state index contributed by atoms with van der Waals surface area (Å²) in [5, 5.41) is 0. The summed E-state index contributed by atoms with van der Waals surface area (Å²) in [5.74, 6) is 0.381. The Morgan fingerprint density at radius 2 is 2.27 bits per heavy atom. The zero-order valence-corrected chi connectivity index (χ0v) is 6.73.